The standard InChI is InChI=1S/C25H46N2O2/c1-5-9-13-17-24(26-22-28,18-14-10-6-2)21-25(27-23-29,19-15-11-7-3)20-16-12-8-4/h5-21H2,1-4H3. The molecule has 0 rings (SSSR count). The first-order valence-electron chi connectivity index (χ1n) is 12.3. The first-order valence-corrected chi connectivity index (χ1v) is 12.3. The molecule has 0 aromatic carbocycles. The molecule has 168 valence electrons. The summed E-state index contributed by atoms with van der Waals surface area (Å²) in [5.74, 6) is 0. The van der Waals surface area contributed by atoms with Gasteiger partial charge >= 0.3 is 0 Å². The Kier molecular flexibility index (Phi) is 16.9. The van der Waals surface area contributed by atoms with Gasteiger partial charge in [-0.25, -0.2) is 9.59 Å². The molecule has 4 heteroatoms. The number of isocyanates is 2. The number of unbranched alkanes of at least 4 members (excludes halogenated alkanes) is 8. The topological polar surface area (TPSA) is 58.9 Å². The number of aliphatic imine (C=N–C) groups is 2. The molecule has 0 aliphatic heterocycles. The molecule has 0 heterocycles. The summed E-state index contributed by atoms with van der Waals surface area (Å²) in [6.07, 6.45) is 21.4. The van der Waals surface area contributed by atoms with Crippen molar-refractivity contribution < 1.29 is 9.59 Å². The van der Waals surface area contributed by atoms with E-state index < -0.39 is 11.1 Å². The van der Waals surface area contributed by atoms with Gasteiger partial charge in [-0.2, -0.15) is 9.98 Å². The Morgan fingerprint density at radius 1 is 0.517 bits per heavy atom. The van der Waals surface area contributed by atoms with Gasteiger partial charge in [-0.3, -0.25) is 0 Å². The summed E-state index contributed by atoms with van der Waals surface area (Å²) in [7, 11) is 0. The van der Waals surface area contributed by atoms with Gasteiger partial charge in [-0.15, -0.1) is 0 Å². The fourth-order valence-electron chi connectivity index (χ4n) is 4.53. The van der Waals surface area contributed by atoms with E-state index in [9.17, 15) is 9.59 Å². The molecule has 0 aromatic rings. The molecule has 0 saturated carbocycles. The maximum Gasteiger partial charge on any atom is 0.235 e. The monoisotopic (exact) mass is 406 g/mol. The van der Waals surface area contributed by atoms with Gasteiger partial charge < -0.3 is 0 Å². The lowest BCUT2D eigenvalue weighted by molar-refractivity contribution is 0.212. The minimum atomic E-state index is -0.440. The first kappa shape index (κ1) is 27.8. The Bertz CT molecular complexity index is 427. The summed E-state index contributed by atoms with van der Waals surface area (Å²) < 4.78 is 0. The summed E-state index contributed by atoms with van der Waals surface area (Å²) in [6, 6.07) is 0. The summed E-state index contributed by atoms with van der Waals surface area (Å²) in [5.41, 5.74) is -0.879. The van der Waals surface area contributed by atoms with Crippen LogP contribution in [0.25, 0.3) is 0 Å². The quantitative estimate of drug-likeness (QED) is 0.117. The van der Waals surface area contributed by atoms with Crippen LogP contribution >= 0.6 is 0 Å². The summed E-state index contributed by atoms with van der Waals surface area (Å²) >= 11 is 0. The highest BCUT2D eigenvalue weighted by molar-refractivity contribution is 5.37. The number of nitrogens with zero attached hydrogens (tertiary/aromatic N) is 2. The zero-order valence-corrected chi connectivity index (χ0v) is 19.7. The van der Waals surface area contributed by atoms with Crippen LogP contribution in [0.3, 0.4) is 0 Å². The van der Waals surface area contributed by atoms with E-state index in [-0.39, 0.29) is 0 Å². The van der Waals surface area contributed by atoms with E-state index in [1.165, 1.54) is 0 Å². The van der Waals surface area contributed by atoms with Crippen molar-refractivity contribution >= 4 is 12.2 Å². The number of hydrogen-bond donors (Lipinski definition) is 0. The van der Waals surface area contributed by atoms with E-state index >= 15 is 0 Å². The maximum absolute atomic E-state index is 11.5. The lowest BCUT2D eigenvalue weighted by Gasteiger charge is -2.38. The van der Waals surface area contributed by atoms with E-state index in [1.807, 2.05) is 12.2 Å². The second-order valence-corrected chi connectivity index (χ2v) is 8.86. The van der Waals surface area contributed by atoms with Crippen LogP contribution in [-0.2, 0) is 9.59 Å². The molecule has 0 aliphatic rings. The van der Waals surface area contributed by atoms with Gasteiger partial charge in [0, 0.05) is 0 Å². The van der Waals surface area contributed by atoms with Crippen molar-refractivity contribution in [2.75, 3.05) is 0 Å². The van der Waals surface area contributed by atoms with Crippen LogP contribution in [0.5, 0.6) is 0 Å². The molecule has 0 spiro atoms. The van der Waals surface area contributed by atoms with Gasteiger partial charge in [0.1, 0.15) is 0 Å². The van der Waals surface area contributed by atoms with E-state index in [4.69, 9.17) is 0 Å². The Balaban J connectivity index is 5.82. The number of hydrogen-bond acceptors (Lipinski definition) is 4. The summed E-state index contributed by atoms with van der Waals surface area (Å²) in [6.45, 7) is 8.77. The van der Waals surface area contributed by atoms with Crippen molar-refractivity contribution in [2.24, 2.45) is 9.98 Å². The van der Waals surface area contributed by atoms with Gasteiger partial charge in [-0.1, -0.05) is 105 Å². The predicted molar refractivity (Wildman–Crippen MR) is 123 cm³/mol. The molecular formula is C25H46N2O2. The van der Waals surface area contributed by atoms with Gasteiger partial charge in [-0.05, 0) is 32.1 Å². The van der Waals surface area contributed by atoms with Gasteiger partial charge in [0.2, 0.25) is 12.2 Å². The highest BCUT2D eigenvalue weighted by Gasteiger charge is 2.40. The van der Waals surface area contributed by atoms with Crippen molar-refractivity contribution in [2.45, 2.75) is 148 Å². The zero-order chi connectivity index (χ0) is 21.8. The average Bonchev–Trinajstić information content (AvgIpc) is 2.69. The van der Waals surface area contributed by atoms with E-state index in [1.54, 1.807) is 0 Å². The molecule has 0 N–H and O–H groups in total. The largest absolute Gasteiger partial charge is 0.235 e. The highest BCUT2D eigenvalue weighted by atomic mass is 16.1. The lowest BCUT2D eigenvalue weighted by atomic mass is 9.72. The number of carbonyl (C=O) groups excluding carboxylic acids is 2. The minimum Gasteiger partial charge on any atom is -0.211 e. The molecule has 0 unspecified atom stereocenters. The van der Waals surface area contributed by atoms with E-state index in [2.05, 4.69) is 37.7 Å². The smallest absolute Gasteiger partial charge is 0.211 e. The van der Waals surface area contributed by atoms with Crippen LogP contribution in [0.15, 0.2) is 9.98 Å². The fraction of sp³-hybridized carbons (Fsp3) is 0.920. The van der Waals surface area contributed by atoms with Crippen LogP contribution in [0.4, 0.5) is 0 Å². The van der Waals surface area contributed by atoms with Crippen molar-refractivity contribution in [3.63, 3.8) is 0 Å². The third-order valence-electron chi connectivity index (χ3n) is 6.21. The second-order valence-electron chi connectivity index (χ2n) is 8.86. The molecule has 29 heavy (non-hydrogen) atoms. The predicted octanol–water partition coefficient (Wildman–Crippen LogP) is 7.85. The van der Waals surface area contributed by atoms with Crippen LogP contribution in [0, 0.1) is 0 Å². The molecule has 0 amide bonds. The summed E-state index contributed by atoms with van der Waals surface area (Å²) in [5, 5.41) is 0. The Morgan fingerprint density at radius 3 is 1.00 bits per heavy atom. The molecule has 0 saturated heterocycles. The number of rotatable bonds is 20. The Morgan fingerprint density at radius 2 is 0.793 bits per heavy atom. The minimum absolute atomic E-state index is 0.440. The van der Waals surface area contributed by atoms with E-state index in [0.29, 0.717) is 6.42 Å². The Hall–Kier alpha value is -1.24. The van der Waals surface area contributed by atoms with Crippen LogP contribution < -0.4 is 0 Å². The highest BCUT2D eigenvalue weighted by Crippen LogP contribution is 2.41. The molecule has 0 fully saturated rings. The van der Waals surface area contributed by atoms with Gasteiger partial charge in [0.05, 0.1) is 11.1 Å². The lowest BCUT2D eigenvalue weighted by Crippen LogP contribution is -2.40. The van der Waals surface area contributed by atoms with Crippen molar-refractivity contribution in [3.8, 4) is 0 Å². The first-order chi connectivity index (χ1) is 14.1. The second kappa shape index (κ2) is 17.6. The fourth-order valence-corrected chi connectivity index (χ4v) is 4.53. The van der Waals surface area contributed by atoms with Crippen molar-refractivity contribution in [1.82, 2.24) is 0 Å². The Labute approximate surface area is 180 Å². The molecule has 0 radical (unpaired) electrons. The van der Waals surface area contributed by atoms with E-state index in [0.717, 1.165) is 103 Å². The van der Waals surface area contributed by atoms with Gasteiger partial charge in [0.15, 0.2) is 0 Å². The SMILES string of the molecule is CCCCCC(CCCCC)(CC(CCCCC)(CCCCC)N=C=O)N=C=O. The third kappa shape index (κ3) is 12.1. The average molecular weight is 407 g/mol. The van der Waals surface area contributed by atoms with Crippen LogP contribution in [-0.4, -0.2) is 23.2 Å². The summed E-state index contributed by atoms with van der Waals surface area (Å²) in [4.78, 5) is 31.8. The van der Waals surface area contributed by atoms with Crippen molar-refractivity contribution in [3.05, 3.63) is 0 Å². The molecule has 0 atom stereocenters. The van der Waals surface area contributed by atoms with Crippen LogP contribution in [0.2, 0.25) is 0 Å². The molecule has 0 aliphatic carbocycles. The van der Waals surface area contributed by atoms with Crippen molar-refractivity contribution in [1.29, 1.82) is 0 Å². The molecular weight excluding hydrogens is 360 g/mol. The molecule has 0 aromatic heterocycles. The van der Waals surface area contributed by atoms with Crippen LogP contribution in [0.1, 0.15) is 137 Å². The molecule has 4 nitrogen and oxygen atoms in total. The molecule has 0 bridgehead atoms. The maximum atomic E-state index is 11.5. The normalized spacial score (nSPS) is 11.7. The zero-order valence-electron chi connectivity index (χ0n) is 19.7. The third-order valence-corrected chi connectivity index (χ3v) is 6.21. The van der Waals surface area contributed by atoms with Gasteiger partial charge in [0.25, 0.3) is 0 Å².